The molecule has 1 aliphatic carbocycles. The van der Waals surface area contributed by atoms with Crippen LogP contribution in [0, 0.1) is 11.8 Å². The molecule has 94 valence electrons. The molecular weight excluding hydrogens is 212 g/mol. The van der Waals surface area contributed by atoms with Gasteiger partial charge in [-0.25, -0.2) is 9.97 Å². The van der Waals surface area contributed by atoms with Crippen molar-refractivity contribution in [2.45, 2.75) is 51.6 Å². The third-order valence-electron chi connectivity index (χ3n) is 4.31. The average Bonchev–Trinajstić information content (AvgIpc) is 2.29. The summed E-state index contributed by atoms with van der Waals surface area (Å²) in [5.74, 6) is 0.953. The van der Waals surface area contributed by atoms with Gasteiger partial charge in [-0.15, -0.1) is 0 Å². The molecule has 1 aromatic heterocycles. The molecule has 17 heavy (non-hydrogen) atoms. The number of aliphatic hydroxyl groups excluding tert-OH is 1. The zero-order valence-electron chi connectivity index (χ0n) is 10.9. The molecule has 3 nitrogen and oxygen atoms in total. The maximum absolute atomic E-state index is 10.3. The lowest BCUT2D eigenvalue weighted by atomic mass is 9.65. The van der Waals surface area contributed by atoms with Gasteiger partial charge in [-0.05, 0) is 35.7 Å². The second-order valence-corrected chi connectivity index (χ2v) is 5.94. The summed E-state index contributed by atoms with van der Waals surface area (Å²) >= 11 is 0. The predicted molar refractivity (Wildman–Crippen MR) is 67.6 cm³/mol. The Hall–Kier alpha value is -0.960. The number of aromatic nitrogens is 2. The molecule has 1 N–H and O–H groups in total. The van der Waals surface area contributed by atoms with Gasteiger partial charge in [0.25, 0.3) is 0 Å². The highest BCUT2D eigenvalue weighted by molar-refractivity contribution is 5.18. The molecule has 0 spiro atoms. The Kier molecular flexibility index (Phi) is 3.48. The first-order chi connectivity index (χ1) is 8.01. The quantitative estimate of drug-likeness (QED) is 0.855. The van der Waals surface area contributed by atoms with Crippen LogP contribution in [-0.4, -0.2) is 21.2 Å². The molecule has 1 saturated carbocycles. The summed E-state index contributed by atoms with van der Waals surface area (Å²) in [6.07, 6.45) is 8.31. The SMILES string of the molecule is CC1CCC(C(C)(C)c2cncnc2)C(O)C1. The Morgan fingerprint density at radius 1 is 1.24 bits per heavy atom. The van der Waals surface area contributed by atoms with Gasteiger partial charge in [0, 0.05) is 12.4 Å². The maximum Gasteiger partial charge on any atom is 0.115 e. The monoisotopic (exact) mass is 234 g/mol. The fourth-order valence-electron chi connectivity index (χ4n) is 3.04. The van der Waals surface area contributed by atoms with Crippen LogP contribution in [0.2, 0.25) is 0 Å². The summed E-state index contributed by atoms with van der Waals surface area (Å²) in [7, 11) is 0. The Balaban J connectivity index is 2.21. The third-order valence-corrected chi connectivity index (χ3v) is 4.31. The molecular formula is C14H22N2O. The van der Waals surface area contributed by atoms with Gasteiger partial charge in [0.15, 0.2) is 0 Å². The Morgan fingerprint density at radius 3 is 2.47 bits per heavy atom. The van der Waals surface area contributed by atoms with Gasteiger partial charge >= 0.3 is 0 Å². The van der Waals surface area contributed by atoms with Crippen molar-refractivity contribution in [3.8, 4) is 0 Å². The molecule has 0 radical (unpaired) electrons. The Morgan fingerprint density at radius 2 is 1.88 bits per heavy atom. The van der Waals surface area contributed by atoms with Crippen LogP contribution in [0.1, 0.15) is 45.6 Å². The van der Waals surface area contributed by atoms with E-state index in [-0.39, 0.29) is 11.5 Å². The van der Waals surface area contributed by atoms with E-state index in [2.05, 4.69) is 30.7 Å². The zero-order chi connectivity index (χ0) is 12.5. The molecule has 2 rings (SSSR count). The molecule has 0 amide bonds. The fourth-order valence-corrected chi connectivity index (χ4v) is 3.04. The number of nitrogens with zero attached hydrogens (tertiary/aromatic N) is 2. The van der Waals surface area contributed by atoms with Crippen molar-refractivity contribution >= 4 is 0 Å². The topological polar surface area (TPSA) is 46.0 Å². The number of hydrogen-bond acceptors (Lipinski definition) is 3. The van der Waals surface area contributed by atoms with E-state index in [1.165, 1.54) is 6.42 Å². The molecule has 3 unspecified atom stereocenters. The molecule has 0 aliphatic heterocycles. The van der Waals surface area contributed by atoms with Gasteiger partial charge in [0.2, 0.25) is 0 Å². The molecule has 1 aromatic rings. The number of hydrogen-bond donors (Lipinski definition) is 1. The molecule has 0 saturated heterocycles. The maximum atomic E-state index is 10.3. The first-order valence-corrected chi connectivity index (χ1v) is 6.45. The van der Waals surface area contributed by atoms with Gasteiger partial charge < -0.3 is 5.11 Å². The lowest BCUT2D eigenvalue weighted by Crippen LogP contribution is -2.41. The first-order valence-electron chi connectivity index (χ1n) is 6.45. The molecule has 3 heteroatoms. The summed E-state index contributed by atoms with van der Waals surface area (Å²) in [4.78, 5) is 8.19. The third kappa shape index (κ3) is 2.49. The van der Waals surface area contributed by atoms with Crippen LogP contribution in [0.15, 0.2) is 18.7 Å². The largest absolute Gasteiger partial charge is 0.393 e. The van der Waals surface area contributed by atoms with E-state index in [1.807, 2.05) is 12.4 Å². The van der Waals surface area contributed by atoms with Crippen LogP contribution in [0.5, 0.6) is 0 Å². The van der Waals surface area contributed by atoms with Gasteiger partial charge in [0.1, 0.15) is 6.33 Å². The minimum atomic E-state index is -0.200. The number of aliphatic hydroxyl groups is 1. The summed E-state index contributed by atoms with van der Waals surface area (Å²) in [5, 5.41) is 10.3. The van der Waals surface area contributed by atoms with Crippen LogP contribution in [0.3, 0.4) is 0 Å². The minimum Gasteiger partial charge on any atom is -0.393 e. The van der Waals surface area contributed by atoms with Crippen molar-refractivity contribution in [2.75, 3.05) is 0 Å². The van der Waals surface area contributed by atoms with Gasteiger partial charge in [-0.1, -0.05) is 27.2 Å². The van der Waals surface area contributed by atoms with Gasteiger partial charge in [-0.2, -0.15) is 0 Å². The van der Waals surface area contributed by atoms with Gasteiger partial charge in [0.05, 0.1) is 6.10 Å². The van der Waals surface area contributed by atoms with Crippen LogP contribution in [0.4, 0.5) is 0 Å². The van der Waals surface area contributed by atoms with Crippen LogP contribution >= 0.6 is 0 Å². The van der Waals surface area contributed by atoms with Crippen LogP contribution in [-0.2, 0) is 5.41 Å². The number of rotatable bonds is 2. The van der Waals surface area contributed by atoms with Crippen molar-refractivity contribution in [2.24, 2.45) is 11.8 Å². The first kappa shape index (κ1) is 12.5. The van der Waals surface area contributed by atoms with Crippen LogP contribution < -0.4 is 0 Å². The predicted octanol–water partition coefficient (Wildman–Crippen LogP) is 2.55. The van der Waals surface area contributed by atoms with Crippen molar-refractivity contribution in [3.63, 3.8) is 0 Å². The van der Waals surface area contributed by atoms with Crippen molar-refractivity contribution in [3.05, 3.63) is 24.3 Å². The summed E-state index contributed by atoms with van der Waals surface area (Å²) in [6, 6.07) is 0. The molecule has 0 aromatic carbocycles. The second-order valence-electron chi connectivity index (χ2n) is 5.94. The van der Waals surface area contributed by atoms with E-state index >= 15 is 0 Å². The molecule has 1 aliphatic rings. The Bertz CT molecular complexity index is 364. The van der Waals surface area contributed by atoms with Crippen molar-refractivity contribution < 1.29 is 5.11 Å². The highest BCUT2D eigenvalue weighted by Gasteiger charge is 2.39. The highest BCUT2D eigenvalue weighted by atomic mass is 16.3. The van der Waals surface area contributed by atoms with E-state index in [4.69, 9.17) is 0 Å². The van der Waals surface area contributed by atoms with E-state index in [9.17, 15) is 5.11 Å². The molecule has 0 bridgehead atoms. The average molecular weight is 234 g/mol. The lowest BCUT2D eigenvalue weighted by Gasteiger charge is -2.42. The summed E-state index contributed by atoms with van der Waals surface area (Å²) in [5.41, 5.74) is 1.07. The van der Waals surface area contributed by atoms with Gasteiger partial charge in [-0.3, -0.25) is 0 Å². The lowest BCUT2D eigenvalue weighted by molar-refractivity contribution is 0.0142. The smallest absolute Gasteiger partial charge is 0.115 e. The second kappa shape index (κ2) is 4.73. The van der Waals surface area contributed by atoms with E-state index < -0.39 is 0 Å². The van der Waals surface area contributed by atoms with E-state index in [0.29, 0.717) is 11.8 Å². The van der Waals surface area contributed by atoms with Crippen molar-refractivity contribution in [1.29, 1.82) is 0 Å². The highest BCUT2D eigenvalue weighted by Crippen LogP contribution is 2.41. The summed E-state index contributed by atoms with van der Waals surface area (Å²) < 4.78 is 0. The minimum absolute atomic E-state index is 0.0547. The molecule has 3 atom stereocenters. The van der Waals surface area contributed by atoms with Crippen molar-refractivity contribution in [1.82, 2.24) is 9.97 Å². The normalized spacial score (nSPS) is 30.2. The fraction of sp³-hybridized carbons (Fsp3) is 0.714. The van der Waals surface area contributed by atoms with Crippen LogP contribution in [0.25, 0.3) is 0 Å². The molecule has 1 heterocycles. The zero-order valence-corrected chi connectivity index (χ0v) is 10.9. The van der Waals surface area contributed by atoms with E-state index in [1.54, 1.807) is 6.33 Å². The van der Waals surface area contributed by atoms with E-state index in [0.717, 1.165) is 18.4 Å². The summed E-state index contributed by atoms with van der Waals surface area (Å²) in [6.45, 7) is 6.60. The Labute approximate surface area is 103 Å². The standard InChI is InChI=1S/C14H22N2O/c1-10-4-5-12(13(17)6-10)14(2,3)11-7-15-9-16-8-11/h7-10,12-13,17H,4-6H2,1-3H3. The molecule has 1 fully saturated rings.